The number of fused-ring (bicyclic) bond motifs is 4. The molecule has 0 radical (unpaired) electrons. The van der Waals surface area contributed by atoms with Gasteiger partial charge in [0.2, 0.25) is 12.7 Å². The lowest BCUT2D eigenvalue weighted by Crippen LogP contribution is -2.52. The number of amides is 2. The van der Waals surface area contributed by atoms with Gasteiger partial charge in [0.25, 0.3) is 5.91 Å². The van der Waals surface area contributed by atoms with Crippen LogP contribution in [0.15, 0.2) is 42.5 Å². The number of hydrogen-bond donors (Lipinski definition) is 1. The molecule has 0 spiro atoms. The first kappa shape index (κ1) is 17.4. The molecule has 0 bridgehead atoms. The second kappa shape index (κ2) is 6.17. The van der Waals surface area contributed by atoms with Crippen molar-refractivity contribution < 1.29 is 19.1 Å². The minimum absolute atomic E-state index is 0.0677. The zero-order chi connectivity index (χ0) is 19.5. The van der Waals surface area contributed by atoms with Crippen LogP contribution in [0.5, 0.6) is 11.5 Å². The van der Waals surface area contributed by atoms with Gasteiger partial charge in [-0.2, -0.15) is 0 Å². The Bertz CT molecular complexity index is 990. The van der Waals surface area contributed by atoms with Crippen LogP contribution in [0.25, 0.3) is 0 Å². The average Bonchev–Trinajstić information content (AvgIpc) is 3.32. The zero-order valence-corrected chi connectivity index (χ0v) is 16.4. The van der Waals surface area contributed by atoms with E-state index >= 15 is 0 Å². The van der Waals surface area contributed by atoms with Gasteiger partial charge in [0.15, 0.2) is 11.5 Å². The normalized spacial score (nSPS) is 23.5. The molecule has 1 fully saturated rings. The van der Waals surface area contributed by atoms with Crippen molar-refractivity contribution in [2.75, 3.05) is 6.79 Å². The van der Waals surface area contributed by atoms with Gasteiger partial charge in [0, 0.05) is 16.9 Å². The van der Waals surface area contributed by atoms with Crippen LogP contribution in [-0.2, 0) is 11.3 Å². The number of hydrogen-bond acceptors (Lipinski definition) is 5. The maximum absolute atomic E-state index is 13.1. The van der Waals surface area contributed by atoms with Gasteiger partial charge >= 0.3 is 0 Å². The third-order valence-electron chi connectivity index (χ3n) is 5.45. The molecule has 0 aliphatic carbocycles. The molecule has 144 valence electrons. The van der Waals surface area contributed by atoms with Crippen molar-refractivity contribution in [3.05, 3.63) is 59.2 Å². The Morgan fingerprint density at radius 1 is 1.21 bits per heavy atom. The number of benzene rings is 2. The highest BCUT2D eigenvalue weighted by Crippen LogP contribution is 2.56. The molecule has 1 N–H and O–H groups in total. The van der Waals surface area contributed by atoms with Crippen molar-refractivity contribution in [1.82, 2.24) is 10.2 Å². The first-order valence-corrected chi connectivity index (χ1v) is 10.1. The molecule has 3 aliphatic rings. The standard InChI is InChI=1S/C21H20N2O4S/c1-21(2)17(23-19(25)13-5-3-4-6-14(13)20(23)28-21)18(24)22-10-12-7-8-15-16(9-12)27-11-26-15/h3-9,17,20H,10-11H2,1-2H3,(H,22,24)/t17-,20+/m0/s1. The highest BCUT2D eigenvalue weighted by molar-refractivity contribution is 8.01. The van der Waals surface area contributed by atoms with E-state index in [9.17, 15) is 9.59 Å². The minimum Gasteiger partial charge on any atom is -0.454 e. The lowest BCUT2D eigenvalue weighted by molar-refractivity contribution is -0.126. The fourth-order valence-corrected chi connectivity index (χ4v) is 5.73. The Kier molecular flexibility index (Phi) is 3.84. The minimum atomic E-state index is -0.531. The molecule has 2 aromatic rings. The fourth-order valence-electron chi connectivity index (χ4n) is 4.14. The number of nitrogens with zero attached hydrogens (tertiary/aromatic N) is 1. The van der Waals surface area contributed by atoms with Gasteiger partial charge in [-0.1, -0.05) is 24.3 Å². The average molecular weight is 396 g/mol. The van der Waals surface area contributed by atoms with Crippen LogP contribution in [0, 0.1) is 0 Å². The van der Waals surface area contributed by atoms with E-state index in [-0.39, 0.29) is 28.7 Å². The molecule has 0 aromatic heterocycles. The Balaban J connectivity index is 1.36. The van der Waals surface area contributed by atoms with Crippen molar-refractivity contribution in [1.29, 1.82) is 0 Å². The van der Waals surface area contributed by atoms with Crippen LogP contribution in [0.1, 0.15) is 40.7 Å². The molecule has 3 heterocycles. The highest BCUT2D eigenvalue weighted by Gasteiger charge is 2.57. The Labute approximate surface area is 167 Å². The van der Waals surface area contributed by atoms with Crippen molar-refractivity contribution in [2.45, 2.75) is 36.6 Å². The molecule has 0 unspecified atom stereocenters. The number of ether oxygens (including phenoxy) is 2. The van der Waals surface area contributed by atoms with Gasteiger partial charge in [-0.25, -0.2) is 0 Å². The summed E-state index contributed by atoms with van der Waals surface area (Å²) in [4.78, 5) is 27.9. The molecule has 5 rings (SSSR count). The summed E-state index contributed by atoms with van der Waals surface area (Å²) < 4.78 is 10.3. The molecule has 1 saturated heterocycles. The maximum Gasteiger partial charge on any atom is 0.256 e. The number of thioether (sulfide) groups is 1. The summed E-state index contributed by atoms with van der Waals surface area (Å²) in [6.45, 7) is 4.64. The zero-order valence-electron chi connectivity index (χ0n) is 15.6. The molecule has 2 atom stereocenters. The van der Waals surface area contributed by atoms with E-state index < -0.39 is 6.04 Å². The molecular formula is C21H20N2O4S. The van der Waals surface area contributed by atoms with Gasteiger partial charge < -0.3 is 19.7 Å². The third-order valence-corrected chi connectivity index (χ3v) is 6.98. The van der Waals surface area contributed by atoms with Gasteiger partial charge in [-0.05, 0) is 43.2 Å². The lowest BCUT2D eigenvalue weighted by atomic mass is 10.0. The Morgan fingerprint density at radius 3 is 2.86 bits per heavy atom. The summed E-state index contributed by atoms with van der Waals surface area (Å²) in [5.41, 5.74) is 2.62. The summed E-state index contributed by atoms with van der Waals surface area (Å²) in [6, 6.07) is 12.7. The summed E-state index contributed by atoms with van der Waals surface area (Å²) in [7, 11) is 0. The van der Waals surface area contributed by atoms with Crippen LogP contribution in [0.3, 0.4) is 0 Å². The summed E-state index contributed by atoms with van der Waals surface area (Å²) in [6.07, 6.45) is 0. The van der Waals surface area contributed by atoms with Gasteiger partial charge in [-0.3, -0.25) is 9.59 Å². The predicted octanol–water partition coefficient (Wildman–Crippen LogP) is 3.08. The van der Waals surface area contributed by atoms with E-state index in [1.54, 1.807) is 16.7 Å². The predicted molar refractivity (Wildman–Crippen MR) is 105 cm³/mol. The number of carbonyl (C=O) groups is 2. The van der Waals surface area contributed by atoms with E-state index in [0.29, 0.717) is 23.6 Å². The largest absolute Gasteiger partial charge is 0.454 e. The maximum atomic E-state index is 13.1. The molecule has 2 aromatic carbocycles. The topological polar surface area (TPSA) is 67.9 Å². The lowest BCUT2D eigenvalue weighted by Gasteiger charge is -2.29. The van der Waals surface area contributed by atoms with E-state index in [1.165, 1.54) is 0 Å². The summed E-state index contributed by atoms with van der Waals surface area (Å²) >= 11 is 1.67. The molecule has 2 amide bonds. The van der Waals surface area contributed by atoms with Crippen molar-refractivity contribution >= 4 is 23.6 Å². The van der Waals surface area contributed by atoms with Crippen LogP contribution < -0.4 is 14.8 Å². The van der Waals surface area contributed by atoms with Crippen molar-refractivity contribution in [3.63, 3.8) is 0 Å². The number of rotatable bonds is 3. The van der Waals surface area contributed by atoms with Crippen molar-refractivity contribution in [2.24, 2.45) is 0 Å². The Morgan fingerprint density at radius 2 is 2.00 bits per heavy atom. The molecule has 3 aliphatic heterocycles. The van der Waals surface area contributed by atoms with Gasteiger partial charge in [0.1, 0.15) is 11.4 Å². The molecule has 28 heavy (non-hydrogen) atoms. The monoisotopic (exact) mass is 396 g/mol. The SMILES string of the molecule is CC1(C)S[C@@H]2c3ccccc3C(=O)N2[C@H]1C(=O)NCc1ccc2c(c1)OCO2. The number of carbonyl (C=O) groups excluding carboxylic acids is 2. The molecule has 0 saturated carbocycles. The summed E-state index contributed by atoms with van der Waals surface area (Å²) in [5.74, 6) is 1.20. The quantitative estimate of drug-likeness (QED) is 0.864. The summed E-state index contributed by atoms with van der Waals surface area (Å²) in [5, 5.41) is 2.89. The third kappa shape index (κ3) is 2.57. The molecular weight excluding hydrogens is 376 g/mol. The van der Waals surface area contributed by atoms with E-state index in [4.69, 9.17) is 9.47 Å². The number of nitrogens with one attached hydrogen (secondary N) is 1. The van der Waals surface area contributed by atoms with E-state index in [2.05, 4.69) is 5.32 Å². The van der Waals surface area contributed by atoms with Gasteiger partial charge in [-0.15, -0.1) is 11.8 Å². The van der Waals surface area contributed by atoms with Crippen LogP contribution in [0.2, 0.25) is 0 Å². The first-order valence-electron chi connectivity index (χ1n) is 9.21. The van der Waals surface area contributed by atoms with E-state index in [0.717, 1.165) is 11.1 Å². The Hall–Kier alpha value is -2.67. The van der Waals surface area contributed by atoms with Crippen LogP contribution in [0.4, 0.5) is 0 Å². The van der Waals surface area contributed by atoms with Crippen molar-refractivity contribution in [3.8, 4) is 11.5 Å². The van der Waals surface area contributed by atoms with E-state index in [1.807, 2.05) is 56.3 Å². The second-order valence-electron chi connectivity index (χ2n) is 7.68. The van der Waals surface area contributed by atoms with Gasteiger partial charge in [0.05, 0.1) is 0 Å². The van der Waals surface area contributed by atoms with Crippen LogP contribution >= 0.6 is 11.8 Å². The fraction of sp³-hybridized carbons (Fsp3) is 0.333. The smallest absolute Gasteiger partial charge is 0.256 e. The molecule has 7 heteroatoms. The molecule has 6 nitrogen and oxygen atoms in total. The second-order valence-corrected chi connectivity index (χ2v) is 9.42. The van der Waals surface area contributed by atoms with Crippen LogP contribution in [-0.4, -0.2) is 34.3 Å². The highest BCUT2D eigenvalue weighted by atomic mass is 32.2. The first-order chi connectivity index (χ1) is 13.5.